The number of nitrogens with zero attached hydrogens (tertiary/aromatic N) is 3. The number of aromatic nitrogens is 3. The summed E-state index contributed by atoms with van der Waals surface area (Å²) in [6.45, 7) is 2.60. The maximum atomic E-state index is 5.92. The van der Waals surface area contributed by atoms with Gasteiger partial charge in [-0.05, 0) is 25.3 Å². The van der Waals surface area contributed by atoms with E-state index in [1.165, 1.54) is 16.9 Å². The molecule has 6 nitrogen and oxygen atoms in total. The van der Waals surface area contributed by atoms with Gasteiger partial charge in [-0.1, -0.05) is 30.3 Å². The van der Waals surface area contributed by atoms with Gasteiger partial charge in [-0.25, -0.2) is 9.97 Å². The van der Waals surface area contributed by atoms with Gasteiger partial charge < -0.3 is 16.0 Å². The lowest BCUT2D eigenvalue weighted by molar-refractivity contribution is 0.832. The standard InChI is InChI=1S/C17H20N6S.2BrH/c1-12-20-10-14(21-12)15-11-24-17(22-15)23-16(18)19-9-5-8-13-6-3-2-4-7-13;;/h2-4,6-7,10-11H,5,8-9H2,1H3,(H,20,21)(H3,18,19,22,23);2*1H. The summed E-state index contributed by atoms with van der Waals surface area (Å²) in [5.74, 6) is 1.26. The normalized spacial score (nSPS) is 10.7. The predicted molar refractivity (Wildman–Crippen MR) is 120 cm³/mol. The van der Waals surface area contributed by atoms with Gasteiger partial charge in [-0.3, -0.25) is 4.99 Å². The molecule has 0 aliphatic rings. The number of aromatic amines is 1. The van der Waals surface area contributed by atoms with Crippen LogP contribution in [0.4, 0.5) is 5.13 Å². The molecule has 1 aromatic carbocycles. The molecular formula is C17H22Br2N6S. The van der Waals surface area contributed by atoms with Crippen LogP contribution in [0.25, 0.3) is 11.4 Å². The molecule has 9 heteroatoms. The summed E-state index contributed by atoms with van der Waals surface area (Å²) in [4.78, 5) is 16.2. The van der Waals surface area contributed by atoms with Crippen molar-refractivity contribution in [1.29, 1.82) is 0 Å². The van der Waals surface area contributed by atoms with Gasteiger partial charge >= 0.3 is 0 Å². The minimum Gasteiger partial charge on any atom is -0.370 e. The van der Waals surface area contributed by atoms with Crippen LogP contribution in [0.2, 0.25) is 0 Å². The van der Waals surface area contributed by atoms with Crippen molar-refractivity contribution in [2.24, 2.45) is 10.7 Å². The van der Waals surface area contributed by atoms with Crippen molar-refractivity contribution >= 4 is 56.4 Å². The molecule has 0 atom stereocenters. The van der Waals surface area contributed by atoms with Crippen LogP contribution < -0.4 is 11.1 Å². The fourth-order valence-corrected chi connectivity index (χ4v) is 3.00. The first kappa shape index (κ1) is 22.3. The number of rotatable bonds is 6. The summed E-state index contributed by atoms with van der Waals surface area (Å²) in [7, 11) is 0. The topological polar surface area (TPSA) is 92.0 Å². The number of aliphatic imine (C=N–C) groups is 1. The van der Waals surface area contributed by atoms with Crippen molar-refractivity contribution in [3.8, 4) is 11.4 Å². The molecule has 0 unspecified atom stereocenters. The number of thiazole rings is 1. The Labute approximate surface area is 177 Å². The lowest BCUT2D eigenvalue weighted by Crippen LogP contribution is -2.22. The molecule has 26 heavy (non-hydrogen) atoms. The van der Waals surface area contributed by atoms with Gasteiger partial charge in [0.1, 0.15) is 11.5 Å². The Balaban J connectivity index is 0.00000169. The Morgan fingerprint density at radius 1 is 1.27 bits per heavy atom. The molecule has 140 valence electrons. The zero-order valence-electron chi connectivity index (χ0n) is 14.3. The molecule has 0 aliphatic carbocycles. The predicted octanol–water partition coefficient (Wildman–Crippen LogP) is 4.36. The molecule has 0 radical (unpaired) electrons. The third-order valence-electron chi connectivity index (χ3n) is 3.47. The van der Waals surface area contributed by atoms with Crippen molar-refractivity contribution in [2.75, 3.05) is 11.9 Å². The number of H-pyrrole nitrogens is 1. The third-order valence-corrected chi connectivity index (χ3v) is 4.22. The van der Waals surface area contributed by atoms with Crippen molar-refractivity contribution in [2.45, 2.75) is 19.8 Å². The van der Waals surface area contributed by atoms with E-state index in [1.54, 1.807) is 6.20 Å². The number of hydrogen-bond acceptors (Lipinski definition) is 4. The minimum absolute atomic E-state index is 0. The van der Waals surface area contributed by atoms with Gasteiger partial charge in [0.15, 0.2) is 11.1 Å². The molecule has 0 saturated heterocycles. The zero-order valence-corrected chi connectivity index (χ0v) is 18.5. The van der Waals surface area contributed by atoms with E-state index in [2.05, 4.69) is 49.5 Å². The third kappa shape index (κ3) is 6.54. The van der Waals surface area contributed by atoms with E-state index in [1.807, 2.05) is 18.4 Å². The Morgan fingerprint density at radius 2 is 2.04 bits per heavy atom. The average molecular weight is 502 g/mol. The van der Waals surface area contributed by atoms with Gasteiger partial charge in [-0.2, -0.15) is 0 Å². The second kappa shape index (κ2) is 11.1. The quantitative estimate of drug-likeness (QED) is 0.266. The Kier molecular flexibility index (Phi) is 9.53. The van der Waals surface area contributed by atoms with Gasteiger partial charge in [0.25, 0.3) is 0 Å². The van der Waals surface area contributed by atoms with Crippen LogP contribution in [0.5, 0.6) is 0 Å². The lowest BCUT2D eigenvalue weighted by atomic mass is 10.1. The maximum Gasteiger partial charge on any atom is 0.194 e. The molecule has 0 saturated carbocycles. The summed E-state index contributed by atoms with van der Waals surface area (Å²) in [5.41, 5.74) is 8.99. The Hall–Kier alpha value is -1.71. The van der Waals surface area contributed by atoms with Gasteiger partial charge in [0, 0.05) is 11.9 Å². The summed E-state index contributed by atoms with van der Waals surface area (Å²) < 4.78 is 0. The zero-order chi connectivity index (χ0) is 16.8. The summed E-state index contributed by atoms with van der Waals surface area (Å²) >= 11 is 1.49. The van der Waals surface area contributed by atoms with Crippen LogP contribution in [0.15, 0.2) is 46.9 Å². The van der Waals surface area contributed by atoms with Crippen LogP contribution in [-0.4, -0.2) is 27.5 Å². The number of nitrogens with one attached hydrogen (secondary N) is 2. The number of guanidine groups is 1. The van der Waals surface area contributed by atoms with Gasteiger partial charge in [-0.15, -0.1) is 45.3 Å². The fraction of sp³-hybridized carbons (Fsp3) is 0.235. The summed E-state index contributed by atoms with van der Waals surface area (Å²) in [6, 6.07) is 10.4. The van der Waals surface area contributed by atoms with Crippen LogP contribution in [0.3, 0.4) is 0 Å². The smallest absolute Gasteiger partial charge is 0.194 e. The number of anilines is 1. The molecular weight excluding hydrogens is 480 g/mol. The first-order valence-electron chi connectivity index (χ1n) is 7.79. The molecule has 3 aromatic rings. The second-order valence-corrected chi connectivity index (χ2v) is 6.26. The summed E-state index contributed by atoms with van der Waals surface area (Å²) in [6.07, 6.45) is 3.73. The highest BCUT2D eigenvalue weighted by molar-refractivity contribution is 8.93. The fourth-order valence-electron chi connectivity index (χ4n) is 2.28. The summed E-state index contributed by atoms with van der Waals surface area (Å²) in [5, 5.41) is 5.72. The van der Waals surface area contributed by atoms with E-state index in [0.29, 0.717) is 12.5 Å². The molecule has 2 aromatic heterocycles. The first-order chi connectivity index (χ1) is 11.7. The molecule has 4 N–H and O–H groups in total. The van der Waals surface area contributed by atoms with Crippen LogP contribution in [0, 0.1) is 6.92 Å². The lowest BCUT2D eigenvalue weighted by Gasteiger charge is -2.02. The average Bonchev–Trinajstić information content (AvgIpc) is 3.21. The Morgan fingerprint density at radius 3 is 2.73 bits per heavy atom. The van der Waals surface area contributed by atoms with E-state index in [0.717, 1.165) is 35.2 Å². The Bertz CT molecular complexity index is 816. The number of aryl methyl sites for hydroxylation is 2. The van der Waals surface area contributed by atoms with E-state index < -0.39 is 0 Å². The molecule has 0 aliphatic heterocycles. The van der Waals surface area contributed by atoms with E-state index >= 15 is 0 Å². The van der Waals surface area contributed by atoms with Crippen LogP contribution in [-0.2, 0) is 6.42 Å². The molecule has 0 bridgehead atoms. The highest BCUT2D eigenvalue weighted by Gasteiger charge is 2.07. The first-order valence-corrected chi connectivity index (χ1v) is 8.67. The monoisotopic (exact) mass is 500 g/mol. The van der Waals surface area contributed by atoms with Crippen molar-refractivity contribution < 1.29 is 0 Å². The number of hydrogen-bond donors (Lipinski definition) is 3. The van der Waals surface area contributed by atoms with Crippen molar-refractivity contribution in [3.63, 3.8) is 0 Å². The van der Waals surface area contributed by atoms with Crippen molar-refractivity contribution in [1.82, 2.24) is 15.0 Å². The largest absolute Gasteiger partial charge is 0.370 e. The highest BCUT2D eigenvalue weighted by Crippen LogP contribution is 2.23. The minimum atomic E-state index is 0. The molecule has 0 spiro atoms. The molecule has 0 amide bonds. The number of benzene rings is 1. The number of imidazole rings is 1. The SMILES string of the molecule is Br.Br.Cc1ncc(-c2csc(NC(N)=NCCCc3ccccc3)n2)[nH]1. The molecule has 3 rings (SSSR count). The molecule has 0 fully saturated rings. The number of nitrogens with two attached hydrogens (primary N) is 1. The van der Waals surface area contributed by atoms with E-state index in [9.17, 15) is 0 Å². The van der Waals surface area contributed by atoms with Gasteiger partial charge in [0.05, 0.1) is 11.9 Å². The molecule has 2 heterocycles. The van der Waals surface area contributed by atoms with Gasteiger partial charge in [0.2, 0.25) is 0 Å². The van der Waals surface area contributed by atoms with Crippen molar-refractivity contribution in [3.05, 3.63) is 53.3 Å². The maximum absolute atomic E-state index is 5.92. The second-order valence-electron chi connectivity index (χ2n) is 5.40. The van der Waals surface area contributed by atoms with Crippen LogP contribution in [0.1, 0.15) is 17.8 Å². The van der Waals surface area contributed by atoms with E-state index in [-0.39, 0.29) is 34.0 Å². The van der Waals surface area contributed by atoms with E-state index in [4.69, 9.17) is 5.73 Å². The number of halogens is 2. The highest BCUT2D eigenvalue weighted by atomic mass is 79.9. The van der Waals surface area contributed by atoms with Crippen LogP contribution >= 0.6 is 45.3 Å².